The summed E-state index contributed by atoms with van der Waals surface area (Å²) >= 11 is 5.71. The summed E-state index contributed by atoms with van der Waals surface area (Å²) in [6, 6.07) is 7.39. The number of hydrogen-bond acceptors (Lipinski definition) is 2. The van der Waals surface area contributed by atoms with Crippen molar-refractivity contribution in [3.8, 4) is 0 Å². The van der Waals surface area contributed by atoms with Crippen molar-refractivity contribution >= 4 is 17.5 Å². The molecule has 22 heavy (non-hydrogen) atoms. The Morgan fingerprint density at radius 1 is 1.32 bits per heavy atom. The molecule has 0 fully saturated rings. The quantitative estimate of drug-likeness (QED) is 0.795. The minimum Gasteiger partial charge on any atom is -0.326 e. The molecule has 1 atom stereocenters. The smallest absolute Gasteiger partial charge is 0.326 e. The summed E-state index contributed by atoms with van der Waals surface area (Å²) in [6.45, 7) is 1.75. The summed E-state index contributed by atoms with van der Waals surface area (Å²) in [7, 11) is 0. The molecule has 2 aromatic rings. The Kier molecular flexibility index (Phi) is 4.65. The number of hydrogen-bond donors (Lipinski definition) is 0. The third-order valence-corrected chi connectivity index (χ3v) is 3.20. The van der Waals surface area contributed by atoms with Gasteiger partial charge in [-0.3, -0.25) is 4.79 Å². The van der Waals surface area contributed by atoms with Crippen LogP contribution in [0.2, 0.25) is 5.15 Å². The van der Waals surface area contributed by atoms with E-state index in [0.29, 0.717) is 5.15 Å². The molecule has 0 aliphatic heterocycles. The summed E-state index contributed by atoms with van der Waals surface area (Å²) in [5, 5.41) is 0.311. The maximum Gasteiger partial charge on any atom is 0.473 e. The van der Waals surface area contributed by atoms with Crippen LogP contribution in [0.5, 0.6) is 0 Å². The molecule has 0 aromatic carbocycles. The van der Waals surface area contributed by atoms with Crippen molar-refractivity contribution in [1.29, 1.82) is 0 Å². The molecule has 0 aliphatic carbocycles. The van der Waals surface area contributed by atoms with Gasteiger partial charge in [-0.15, -0.1) is 0 Å². The topological polar surface area (TPSA) is 47.2 Å². The molecule has 0 bridgehead atoms. The first-order valence-electron chi connectivity index (χ1n) is 6.23. The van der Waals surface area contributed by atoms with Crippen LogP contribution in [0.1, 0.15) is 18.5 Å². The van der Waals surface area contributed by atoms with Crippen molar-refractivity contribution in [2.75, 3.05) is 0 Å². The maximum absolute atomic E-state index is 12.4. The third-order valence-electron chi connectivity index (χ3n) is 2.98. The monoisotopic (exact) mass is 329 g/mol. The van der Waals surface area contributed by atoms with Gasteiger partial charge in [0.15, 0.2) is 0 Å². The summed E-state index contributed by atoms with van der Waals surface area (Å²) in [4.78, 5) is 18.1. The second kappa shape index (κ2) is 6.31. The van der Waals surface area contributed by atoms with Crippen LogP contribution >= 0.6 is 11.6 Å². The molecule has 1 unspecified atom stereocenters. The van der Waals surface area contributed by atoms with Gasteiger partial charge < -0.3 is 4.57 Å². The van der Waals surface area contributed by atoms with Gasteiger partial charge in [0, 0.05) is 12.4 Å². The van der Waals surface area contributed by atoms with Crippen molar-refractivity contribution in [3.05, 3.63) is 58.9 Å². The predicted molar refractivity (Wildman–Crippen MR) is 74.1 cm³/mol. The van der Waals surface area contributed by atoms with Crippen LogP contribution in [0.4, 0.5) is 13.2 Å². The first-order chi connectivity index (χ1) is 10.3. The average Bonchev–Trinajstić information content (AvgIpc) is 2.47. The first kappa shape index (κ1) is 16.2. The highest BCUT2D eigenvalue weighted by molar-refractivity contribution is 6.29. The summed E-state index contributed by atoms with van der Waals surface area (Å²) < 4.78 is 38.5. The van der Waals surface area contributed by atoms with Crippen molar-refractivity contribution in [3.63, 3.8) is 0 Å². The van der Waals surface area contributed by atoms with Gasteiger partial charge in [-0.1, -0.05) is 23.7 Å². The van der Waals surface area contributed by atoms with E-state index >= 15 is 0 Å². The molecule has 2 aromatic heterocycles. The molecule has 0 N–H and O–H groups in total. The van der Waals surface area contributed by atoms with E-state index < -0.39 is 12.1 Å². The fourth-order valence-corrected chi connectivity index (χ4v) is 1.94. The minimum atomic E-state index is -5.00. The highest BCUT2D eigenvalue weighted by atomic mass is 35.5. The molecule has 0 spiro atoms. The molecular weight excluding hydrogens is 319 g/mol. The normalized spacial score (nSPS) is 14.0. The van der Waals surface area contributed by atoms with Gasteiger partial charge in [-0.25, -0.2) is 4.98 Å². The molecule has 0 saturated carbocycles. The number of carbonyl (C=O) groups is 1. The van der Waals surface area contributed by atoms with E-state index in [0.717, 1.165) is 5.56 Å². The zero-order valence-electron chi connectivity index (χ0n) is 11.4. The number of nitrogens with zero attached hydrogens (tertiary/aromatic N) is 3. The number of halogens is 4. The lowest BCUT2D eigenvalue weighted by Gasteiger charge is -2.16. The highest BCUT2D eigenvalue weighted by Gasteiger charge is 2.38. The van der Waals surface area contributed by atoms with Crippen molar-refractivity contribution in [2.24, 2.45) is 4.99 Å². The average molecular weight is 330 g/mol. The molecule has 116 valence electrons. The highest BCUT2D eigenvalue weighted by Crippen LogP contribution is 2.18. The summed E-state index contributed by atoms with van der Waals surface area (Å²) in [5.41, 5.74) is 0.629. The third kappa shape index (κ3) is 3.73. The van der Waals surface area contributed by atoms with Gasteiger partial charge in [-0.05, 0) is 30.7 Å². The van der Waals surface area contributed by atoms with Crippen molar-refractivity contribution in [1.82, 2.24) is 9.55 Å². The Morgan fingerprint density at radius 2 is 2.05 bits per heavy atom. The number of alkyl halides is 3. The van der Waals surface area contributed by atoms with Crippen molar-refractivity contribution < 1.29 is 18.0 Å². The van der Waals surface area contributed by atoms with E-state index in [-0.39, 0.29) is 11.5 Å². The molecule has 0 aliphatic rings. The molecule has 0 radical (unpaired) electrons. The Morgan fingerprint density at radius 3 is 2.64 bits per heavy atom. The Labute approximate surface area is 128 Å². The molecule has 4 nitrogen and oxygen atoms in total. The predicted octanol–water partition coefficient (Wildman–Crippen LogP) is 3.14. The number of aromatic nitrogens is 2. The zero-order chi connectivity index (χ0) is 16.3. The lowest BCUT2D eigenvalue weighted by atomic mass is 10.1. The van der Waals surface area contributed by atoms with Crippen LogP contribution in [-0.4, -0.2) is 21.6 Å². The van der Waals surface area contributed by atoms with Crippen LogP contribution in [0.25, 0.3) is 0 Å². The Bertz CT molecular complexity index is 738. The van der Waals surface area contributed by atoms with Crippen LogP contribution < -0.4 is 5.49 Å². The number of pyridine rings is 2. The maximum atomic E-state index is 12.4. The van der Waals surface area contributed by atoms with Gasteiger partial charge in [-0.2, -0.15) is 18.2 Å². The lowest BCUT2D eigenvalue weighted by Crippen LogP contribution is -2.29. The SMILES string of the molecule is CC(c1ccc(Cl)nc1)n1cccc/c1=N\C(=O)C(F)(F)F. The van der Waals surface area contributed by atoms with E-state index in [1.165, 1.54) is 22.9 Å². The summed E-state index contributed by atoms with van der Waals surface area (Å²) in [6.07, 6.45) is -1.94. The van der Waals surface area contributed by atoms with Crippen LogP contribution in [0, 0.1) is 0 Å². The van der Waals surface area contributed by atoms with Crippen LogP contribution in [0.3, 0.4) is 0 Å². The van der Waals surface area contributed by atoms with Gasteiger partial charge in [0.1, 0.15) is 10.6 Å². The van der Waals surface area contributed by atoms with Gasteiger partial charge >= 0.3 is 12.1 Å². The lowest BCUT2D eigenvalue weighted by molar-refractivity contribution is -0.169. The van der Waals surface area contributed by atoms with Gasteiger partial charge in [0.05, 0.1) is 6.04 Å². The van der Waals surface area contributed by atoms with Crippen molar-refractivity contribution in [2.45, 2.75) is 19.1 Å². The fraction of sp³-hybridized carbons (Fsp3) is 0.214. The van der Waals surface area contributed by atoms with Crippen LogP contribution in [-0.2, 0) is 4.79 Å². The molecule has 0 saturated heterocycles. The first-order valence-corrected chi connectivity index (χ1v) is 6.61. The second-order valence-corrected chi connectivity index (χ2v) is 4.86. The van der Waals surface area contributed by atoms with Gasteiger partial charge in [0.25, 0.3) is 0 Å². The zero-order valence-corrected chi connectivity index (χ0v) is 12.1. The molecule has 1 amide bonds. The molecular formula is C14H11ClF3N3O. The van der Waals surface area contributed by atoms with Crippen LogP contribution in [0.15, 0.2) is 47.7 Å². The second-order valence-electron chi connectivity index (χ2n) is 4.47. The minimum absolute atomic E-state index is 0.0905. The van der Waals surface area contributed by atoms with E-state index in [9.17, 15) is 18.0 Å². The van der Waals surface area contributed by atoms with Gasteiger partial charge in [0.2, 0.25) is 0 Å². The molecule has 8 heteroatoms. The number of amides is 1. The fourth-order valence-electron chi connectivity index (χ4n) is 1.83. The molecule has 2 heterocycles. The molecule has 2 rings (SSSR count). The Hall–Kier alpha value is -2.15. The standard InChI is InChI=1S/C14H11ClF3N3O/c1-9(10-5-6-11(15)19-8-10)21-7-3-2-4-12(21)20-13(22)14(16,17)18/h2-9H,1H3/b20-12+. The van der Waals surface area contributed by atoms with E-state index in [1.54, 1.807) is 31.3 Å². The Balaban J connectivity index is 2.46. The van der Waals surface area contributed by atoms with E-state index in [1.807, 2.05) is 0 Å². The number of carbonyl (C=O) groups excluding carboxylic acids is 1. The largest absolute Gasteiger partial charge is 0.473 e. The summed E-state index contributed by atoms with van der Waals surface area (Å²) in [5.74, 6) is -2.14. The van der Waals surface area contributed by atoms with E-state index in [2.05, 4.69) is 9.98 Å². The number of rotatable bonds is 2. The van der Waals surface area contributed by atoms with E-state index in [4.69, 9.17) is 11.6 Å².